The van der Waals surface area contributed by atoms with E-state index >= 15 is 0 Å². The maximum Gasteiger partial charge on any atom is 0.124 e. The maximum atomic E-state index is 12.8. The summed E-state index contributed by atoms with van der Waals surface area (Å²) in [7, 11) is -1.05. The molecule has 0 N–H and O–H groups in total. The van der Waals surface area contributed by atoms with Gasteiger partial charge in [-0.3, -0.25) is 4.21 Å². The first-order chi connectivity index (χ1) is 7.09. The highest BCUT2D eigenvalue weighted by atomic mass is 32.2. The fourth-order valence-electron chi connectivity index (χ4n) is 1.35. The normalized spacial score (nSPS) is 13.1. The van der Waals surface area contributed by atoms with Gasteiger partial charge in [-0.2, -0.15) is 0 Å². The van der Waals surface area contributed by atoms with Crippen molar-refractivity contribution in [2.24, 2.45) is 5.92 Å². The van der Waals surface area contributed by atoms with E-state index in [1.165, 1.54) is 12.1 Å². The molecule has 0 fully saturated rings. The summed E-state index contributed by atoms with van der Waals surface area (Å²) in [5, 5.41) is 0. The average Bonchev–Trinajstić information content (AvgIpc) is 2.17. The molecule has 3 heteroatoms. The van der Waals surface area contributed by atoms with Gasteiger partial charge in [-0.05, 0) is 30.5 Å². The molecule has 0 heterocycles. The largest absolute Gasteiger partial charge is 0.254 e. The van der Waals surface area contributed by atoms with Gasteiger partial charge in [0.15, 0.2) is 0 Å². The van der Waals surface area contributed by atoms with E-state index in [0.29, 0.717) is 16.6 Å². The summed E-state index contributed by atoms with van der Waals surface area (Å²) in [6.45, 7) is 4.29. The van der Waals surface area contributed by atoms with Crippen molar-refractivity contribution in [3.63, 3.8) is 0 Å². The highest BCUT2D eigenvalue weighted by molar-refractivity contribution is 7.85. The van der Waals surface area contributed by atoms with Crippen molar-refractivity contribution in [2.75, 3.05) is 5.75 Å². The van der Waals surface area contributed by atoms with Gasteiger partial charge in [-0.15, -0.1) is 0 Å². The predicted octanol–water partition coefficient (Wildman–Crippen LogP) is 3.37. The molecule has 1 aromatic carbocycles. The highest BCUT2D eigenvalue weighted by Crippen LogP contribution is 2.11. The van der Waals surface area contributed by atoms with E-state index in [1.54, 1.807) is 12.1 Å². The SMILES string of the molecule is CC(C)CCCS(=O)c1cccc(F)c1. The zero-order valence-corrected chi connectivity index (χ0v) is 10.0. The van der Waals surface area contributed by atoms with Crippen LogP contribution in [0.25, 0.3) is 0 Å². The van der Waals surface area contributed by atoms with E-state index in [2.05, 4.69) is 13.8 Å². The fourth-order valence-corrected chi connectivity index (χ4v) is 2.49. The summed E-state index contributed by atoms with van der Waals surface area (Å²) in [6, 6.07) is 6.04. The van der Waals surface area contributed by atoms with E-state index in [0.717, 1.165) is 12.8 Å². The Bertz CT molecular complexity index is 336. The van der Waals surface area contributed by atoms with Gasteiger partial charge in [0.1, 0.15) is 5.82 Å². The average molecular weight is 228 g/mol. The number of hydrogen-bond donors (Lipinski definition) is 0. The van der Waals surface area contributed by atoms with Crippen LogP contribution < -0.4 is 0 Å². The molecule has 1 unspecified atom stereocenters. The van der Waals surface area contributed by atoms with Crippen LogP contribution in [0.4, 0.5) is 4.39 Å². The smallest absolute Gasteiger partial charge is 0.124 e. The standard InChI is InChI=1S/C12H17FOS/c1-10(2)5-4-8-15(14)12-7-3-6-11(13)9-12/h3,6-7,9-10H,4-5,8H2,1-2H3. The lowest BCUT2D eigenvalue weighted by molar-refractivity contribution is 0.575. The van der Waals surface area contributed by atoms with Crippen molar-refractivity contribution in [2.45, 2.75) is 31.6 Å². The van der Waals surface area contributed by atoms with Crippen LogP contribution in [-0.4, -0.2) is 9.96 Å². The number of benzene rings is 1. The van der Waals surface area contributed by atoms with Crippen LogP contribution in [0.2, 0.25) is 0 Å². The molecule has 1 aromatic rings. The fraction of sp³-hybridized carbons (Fsp3) is 0.500. The van der Waals surface area contributed by atoms with Crippen molar-refractivity contribution in [3.8, 4) is 0 Å². The van der Waals surface area contributed by atoms with Crippen LogP contribution >= 0.6 is 0 Å². The molecule has 0 spiro atoms. The van der Waals surface area contributed by atoms with Crippen LogP contribution in [0.3, 0.4) is 0 Å². The van der Waals surface area contributed by atoms with Gasteiger partial charge in [0.2, 0.25) is 0 Å². The van der Waals surface area contributed by atoms with E-state index in [4.69, 9.17) is 0 Å². The van der Waals surface area contributed by atoms with Gasteiger partial charge in [0, 0.05) is 10.6 Å². The Balaban J connectivity index is 2.47. The summed E-state index contributed by atoms with van der Waals surface area (Å²) in [6.07, 6.45) is 2.00. The minimum Gasteiger partial charge on any atom is -0.254 e. The Labute approximate surface area is 93.2 Å². The molecule has 84 valence electrons. The quantitative estimate of drug-likeness (QED) is 0.755. The van der Waals surface area contributed by atoms with Gasteiger partial charge in [0.05, 0.1) is 10.8 Å². The second kappa shape index (κ2) is 6.01. The zero-order valence-electron chi connectivity index (χ0n) is 9.20. The molecule has 0 aliphatic heterocycles. The van der Waals surface area contributed by atoms with Gasteiger partial charge < -0.3 is 0 Å². The molecule has 0 aliphatic carbocycles. The third-order valence-electron chi connectivity index (χ3n) is 2.17. The minimum absolute atomic E-state index is 0.315. The van der Waals surface area contributed by atoms with Gasteiger partial charge >= 0.3 is 0 Å². The molecule has 0 saturated carbocycles. The summed E-state index contributed by atoms with van der Waals surface area (Å²) in [5.41, 5.74) is 0. The van der Waals surface area contributed by atoms with Gasteiger partial charge in [0.25, 0.3) is 0 Å². The van der Waals surface area contributed by atoms with Crippen LogP contribution in [-0.2, 0) is 10.8 Å². The molecule has 0 aliphatic rings. The summed E-state index contributed by atoms with van der Waals surface area (Å²) in [4.78, 5) is 0.596. The van der Waals surface area contributed by atoms with E-state index in [9.17, 15) is 8.60 Å². The molecule has 15 heavy (non-hydrogen) atoms. The van der Waals surface area contributed by atoms with Crippen molar-refractivity contribution in [1.82, 2.24) is 0 Å². The molecule has 0 radical (unpaired) electrons. The molecule has 1 rings (SSSR count). The Kier molecular flexibility index (Phi) is 4.95. The van der Waals surface area contributed by atoms with E-state index in [-0.39, 0.29) is 5.82 Å². The summed E-state index contributed by atoms with van der Waals surface area (Å²) >= 11 is 0. The topological polar surface area (TPSA) is 17.1 Å². The van der Waals surface area contributed by atoms with Crippen molar-refractivity contribution in [1.29, 1.82) is 0 Å². The Morgan fingerprint density at radius 1 is 1.40 bits per heavy atom. The lowest BCUT2D eigenvalue weighted by Crippen LogP contribution is -2.00. The third kappa shape index (κ3) is 4.56. The molecule has 1 nitrogen and oxygen atoms in total. The van der Waals surface area contributed by atoms with E-state index in [1.807, 2.05) is 0 Å². The zero-order chi connectivity index (χ0) is 11.3. The van der Waals surface area contributed by atoms with Crippen molar-refractivity contribution < 1.29 is 8.60 Å². The number of rotatable bonds is 5. The first-order valence-corrected chi connectivity index (χ1v) is 6.55. The van der Waals surface area contributed by atoms with Crippen molar-refractivity contribution >= 4 is 10.8 Å². The predicted molar refractivity (Wildman–Crippen MR) is 61.7 cm³/mol. The number of halogens is 1. The summed E-state index contributed by atoms with van der Waals surface area (Å²) in [5.74, 6) is 0.945. The van der Waals surface area contributed by atoms with Gasteiger partial charge in [-0.25, -0.2) is 4.39 Å². The third-order valence-corrected chi connectivity index (χ3v) is 3.61. The highest BCUT2D eigenvalue weighted by Gasteiger charge is 2.05. The molecule has 0 aromatic heterocycles. The first-order valence-electron chi connectivity index (χ1n) is 5.23. The number of hydrogen-bond acceptors (Lipinski definition) is 1. The second-order valence-electron chi connectivity index (χ2n) is 4.04. The van der Waals surface area contributed by atoms with Crippen molar-refractivity contribution in [3.05, 3.63) is 30.1 Å². The Morgan fingerprint density at radius 2 is 2.13 bits per heavy atom. The molecule has 0 bridgehead atoms. The second-order valence-corrected chi connectivity index (χ2v) is 5.61. The van der Waals surface area contributed by atoms with Crippen LogP contribution in [0.5, 0.6) is 0 Å². The lowest BCUT2D eigenvalue weighted by Gasteiger charge is -2.04. The van der Waals surface area contributed by atoms with Gasteiger partial charge in [-0.1, -0.05) is 26.3 Å². The molecular formula is C12H17FOS. The monoisotopic (exact) mass is 228 g/mol. The first kappa shape index (κ1) is 12.4. The van der Waals surface area contributed by atoms with Crippen LogP contribution in [0.15, 0.2) is 29.2 Å². The maximum absolute atomic E-state index is 12.8. The molecule has 0 amide bonds. The summed E-state index contributed by atoms with van der Waals surface area (Å²) < 4.78 is 24.6. The van der Waals surface area contributed by atoms with Crippen LogP contribution in [0.1, 0.15) is 26.7 Å². The Hall–Kier alpha value is -0.700. The van der Waals surface area contributed by atoms with E-state index < -0.39 is 10.8 Å². The molecule has 0 saturated heterocycles. The minimum atomic E-state index is -1.05. The van der Waals surface area contributed by atoms with Crippen LogP contribution in [0, 0.1) is 11.7 Å². The Morgan fingerprint density at radius 3 is 2.73 bits per heavy atom. The lowest BCUT2D eigenvalue weighted by atomic mass is 10.1. The molecular weight excluding hydrogens is 211 g/mol. The molecule has 1 atom stereocenters.